The third-order valence-corrected chi connectivity index (χ3v) is 6.27. The van der Waals surface area contributed by atoms with Crippen molar-refractivity contribution in [2.45, 2.75) is 38.1 Å². The topological polar surface area (TPSA) is 62.3 Å². The van der Waals surface area contributed by atoms with Gasteiger partial charge in [-0.15, -0.1) is 0 Å². The highest BCUT2D eigenvalue weighted by atomic mass is 32.2. The van der Waals surface area contributed by atoms with Crippen LogP contribution in [0.5, 0.6) is 0 Å². The number of pyridine rings is 1. The molecule has 1 fully saturated rings. The molecular formula is C14H23N3O2S. The van der Waals surface area contributed by atoms with Gasteiger partial charge in [0.2, 0.25) is 0 Å². The van der Waals surface area contributed by atoms with Crippen molar-refractivity contribution in [1.82, 2.24) is 9.29 Å². The average molecular weight is 297 g/mol. The number of anilines is 1. The predicted octanol–water partition coefficient (Wildman–Crippen LogP) is 2.32. The molecule has 0 saturated carbocycles. The highest BCUT2D eigenvalue weighted by molar-refractivity contribution is 7.89. The fraction of sp³-hybridized carbons (Fsp3) is 0.643. The molecule has 6 heteroatoms. The first kappa shape index (κ1) is 15.3. The Morgan fingerprint density at radius 3 is 2.60 bits per heavy atom. The van der Waals surface area contributed by atoms with Crippen molar-refractivity contribution in [3.05, 3.63) is 18.3 Å². The number of rotatable bonds is 4. The third kappa shape index (κ3) is 2.81. The zero-order valence-electron chi connectivity index (χ0n) is 12.4. The second-order valence-electron chi connectivity index (χ2n) is 5.67. The number of piperidine rings is 1. The molecule has 5 nitrogen and oxygen atoms in total. The van der Waals surface area contributed by atoms with Crippen LogP contribution in [0, 0.1) is 5.41 Å². The Labute approximate surface area is 121 Å². The first-order valence-corrected chi connectivity index (χ1v) is 8.50. The molecule has 1 aromatic heterocycles. The zero-order valence-corrected chi connectivity index (χ0v) is 13.2. The molecule has 20 heavy (non-hydrogen) atoms. The van der Waals surface area contributed by atoms with Gasteiger partial charge in [0.25, 0.3) is 10.0 Å². The summed E-state index contributed by atoms with van der Waals surface area (Å²) in [6, 6.07) is 3.47. The van der Waals surface area contributed by atoms with Crippen LogP contribution >= 0.6 is 0 Å². The van der Waals surface area contributed by atoms with E-state index in [4.69, 9.17) is 0 Å². The SMILES string of the molecule is CCC1(C)CCN(S(=O)(=O)c2ncccc2NC)CC1. The van der Waals surface area contributed by atoms with Crippen molar-refractivity contribution >= 4 is 15.7 Å². The van der Waals surface area contributed by atoms with Gasteiger partial charge < -0.3 is 5.32 Å². The number of hydrogen-bond donors (Lipinski definition) is 1. The highest BCUT2D eigenvalue weighted by Gasteiger charge is 2.35. The van der Waals surface area contributed by atoms with Gasteiger partial charge in [0.05, 0.1) is 5.69 Å². The van der Waals surface area contributed by atoms with E-state index in [-0.39, 0.29) is 10.4 Å². The van der Waals surface area contributed by atoms with E-state index in [0.29, 0.717) is 18.8 Å². The second-order valence-corrected chi connectivity index (χ2v) is 7.53. The summed E-state index contributed by atoms with van der Waals surface area (Å²) >= 11 is 0. The molecule has 0 amide bonds. The molecule has 0 unspecified atom stereocenters. The highest BCUT2D eigenvalue weighted by Crippen LogP contribution is 2.36. The lowest BCUT2D eigenvalue weighted by Gasteiger charge is -2.38. The maximum Gasteiger partial charge on any atom is 0.262 e. The summed E-state index contributed by atoms with van der Waals surface area (Å²) in [6.45, 7) is 5.55. The van der Waals surface area contributed by atoms with Crippen LogP contribution in [0.15, 0.2) is 23.4 Å². The molecule has 0 bridgehead atoms. The second kappa shape index (κ2) is 5.69. The molecule has 2 rings (SSSR count). The van der Waals surface area contributed by atoms with Gasteiger partial charge >= 0.3 is 0 Å². The summed E-state index contributed by atoms with van der Waals surface area (Å²) in [5, 5.41) is 3.03. The van der Waals surface area contributed by atoms with Crippen LogP contribution in [0.1, 0.15) is 33.1 Å². The Morgan fingerprint density at radius 1 is 1.40 bits per heavy atom. The number of hydrogen-bond acceptors (Lipinski definition) is 4. The van der Waals surface area contributed by atoms with E-state index < -0.39 is 10.0 Å². The van der Waals surface area contributed by atoms with Crippen molar-refractivity contribution in [3.63, 3.8) is 0 Å². The molecule has 0 spiro atoms. The van der Waals surface area contributed by atoms with Gasteiger partial charge in [-0.2, -0.15) is 4.31 Å². The van der Waals surface area contributed by atoms with Crippen LogP contribution in [0.3, 0.4) is 0 Å². The lowest BCUT2D eigenvalue weighted by atomic mass is 9.79. The van der Waals surface area contributed by atoms with Gasteiger partial charge in [0.15, 0.2) is 5.03 Å². The Morgan fingerprint density at radius 2 is 2.05 bits per heavy atom. The maximum absolute atomic E-state index is 12.7. The predicted molar refractivity (Wildman–Crippen MR) is 80.2 cm³/mol. The smallest absolute Gasteiger partial charge is 0.262 e. The van der Waals surface area contributed by atoms with Gasteiger partial charge in [-0.25, -0.2) is 13.4 Å². The molecule has 2 heterocycles. The standard InChI is InChI=1S/C14H23N3O2S/c1-4-14(2)7-10-17(11-8-14)20(18,19)13-12(15-3)6-5-9-16-13/h5-6,9,15H,4,7-8,10-11H2,1-3H3. The van der Waals surface area contributed by atoms with Crippen LogP contribution in [0.25, 0.3) is 0 Å². The summed E-state index contributed by atoms with van der Waals surface area (Å²) in [5.41, 5.74) is 0.818. The lowest BCUT2D eigenvalue weighted by Crippen LogP contribution is -2.42. The Balaban J connectivity index is 2.24. The average Bonchev–Trinajstić information content (AvgIpc) is 2.47. The third-order valence-electron chi connectivity index (χ3n) is 4.41. The minimum atomic E-state index is -3.50. The summed E-state index contributed by atoms with van der Waals surface area (Å²) in [7, 11) is -1.79. The molecule has 1 N–H and O–H groups in total. The fourth-order valence-electron chi connectivity index (χ4n) is 2.53. The van der Waals surface area contributed by atoms with E-state index in [1.54, 1.807) is 23.5 Å². The molecule has 0 aliphatic carbocycles. The quantitative estimate of drug-likeness (QED) is 0.926. The first-order chi connectivity index (χ1) is 9.43. The Kier molecular flexibility index (Phi) is 4.34. The lowest BCUT2D eigenvalue weighted by molar-refractivity contribution is 0.168. The maximum atomic E-state index is 12.7. The summed E-state index contributed by atoms with van der Waals surface area (Å²) in [6.07, 6.45) is 4.43. The molecular weight excluding hydrogens is 274 g/mol. The van der Waals surface area contributed by atoms with E-state index in [1.165, 1.54) is 6.20 Å². The molecule has 112 valence electrons. The number of nitrogens with one attached hydrogen (secondary N) is 1. The fourth-order valence-corrected chi connectivity index (χ4v) is 4.08. The normalized spacial score (nSPS) is 19.8. The molecule has 1 aliphatic heterocycles. The van der Waals surface area contributed by atoms with E-state index in [1.807, 2.05) is 0 Å². The van der Waals surface area contributed by atoms with Crippen LogP contribution in [0.2, 0.25) is 0 Å². The zero-order chi connectivity index (χ0) is 14.8. The largest absolute Gasteiger partial charge is 0.386 e. The minimum absolute atomic E-state index is 0.127. The summed E-state index contributed by atoms with van der Waals surface area (Å²) in [4.78, 5) is 4.06. The molecule has 0 radical (unpaired) electrons. The van der Waals surface area contributed by atoms with Crippen LogP contribution in [0.4, 0.5) is 5.69 Å². The first-order valence-electron chi connectivity index (χ1n) is 7.06. The summed E-state index contributed by atoms with van der Waals surface area (Å²) < 4.78 is 26.9. The van der Waals surface area contributed by atoms with Gasteiger partial charge in [0.1, 0.15) is 0 Å². The van der Waals surface area contributed by atoms with Crippen molar-refractivity contribution < 1.29 is 8.42 Å². The van der Waals surface area contributed by atoms with Gasteiger partial charge in [-0.3, -0.25) is 0 Å². The van der Waals surface area contributed by atoms with Crippen LogP contribution in [-0.2, 0) is 10.0 Å². The molecule has 0 aromatic carbocycles. The van der Waals surface area contributed by atoms with E-state index in [9.17, 15) is 8.42 Å². The monoisotopic (exact) mass is 297 g/mol. The van der Waals surface area contributed by atoms with Crippen molar-refractivity contribution in [2.24, 2.45) is 5.41 Å². The van der Waals surface area contributed by atoms with Gasteiger partial charge in [0, 0.05) is 26.3 Å². The van der Waals surface area contributed by atoms with Gasteiger partial charge in [-0.05, 0) is 30.4 Å². The number of aromatic nitrogens is 1. The van der Waals surface area contributed by atoms with Crippen LogP contribution < -0.4 is 5.32 Å². The summed E-state index contributed by atoms with van der Waals surface area (Å²) in [5.74, 6) is 0. The van der Waals surface area contributed by atoms with E-state index in [2.05, 4.69) is 24.1 Å². The molecule has 1 saturated heterocycles. The Bertz CT molecular complexity index is 564. The molecule has 1 aliphatic rings. The number of sulfonamides is 1. The minimum Gasteiger partial charge on any atom is -0.386 e. The van der Waals surface area contributed by atoms with Crippen LogP contribution in [-0.4, -0.2) is 37.8 Å². The Hall–Kier alpha value is -1.14. The van der Waals surface area contributed by atoms with E-state index >= 15 is 0 Å². The van der Waals surface area contributed by atoms with Crippen molar-refractivity contribution in [3.8, 4) is 0 Å². The molecule has 1 aromatic rings. The number of nitrogens with zero attached hydrogens (tertiary/aromatic N) is 2. The van der Waals surface area contributed by atoms with Crippen molar-refractivity contribution in [2.75, 3.05) is 25.5 Å². The van der Waals surface area contributed by atoms with Gasteiger partial charge in [-0.1, -0.05) is 20.3 Å². The van der Waals surface area contributed by atoms with E-state index in [0.717, 1.165) is 19.3 Å². The molecule has 0 atom stereocenters. The van der Waals surface area contributed by atoms with Crippen molar-refractivity contribution in [1.29, 1.82) is 0 Å².